The first-order valence-electron chi connectivity index (χ1n) is 9.67. The van der Waals surface area contributed by atoms with E-state index in [1.54, 1.807) is 19.1 Å². The lowest BCUT2D eigenvalue weighted by atomic mass is 9.95. The van der Waals surface area contributed by atoms with E-state index in [0.717, 1.165) is 0 Å². The maximum atomic E-state index is 13.2. The molecule has 0 bridgehead atoms. The normalized spacial score (nSPS) is 25.6. The van der Waals surface area contributed by atoms with Crippen molar-refractivity contribution in [3.8, 4) is 5.75 Å². The minimum atomic E-state index is -3.84. The molecule has 3 rings (SSSR count). The molecule has 0 radical (unpaired) electrons. The fourth-order valence-electron chi connectivity index (χ4n) is 4.10. The summed E-state index contributed by atoms with van der Waals surface area (Å²) in [5.74, 6) is -0.504. The van der Waals surface area contributed by atoms with Crippen LogP contribution in [0.25, 0.3) is 0 Å². The largest absolute Gasteiger partial charge is 0.497 e. The van der Waals surface area contributed by atoms with Crippen LogP contribution in [0.2, 0.25) is 0 Å². The van der Waals surface area contributed by atoms with Gasteiger partial charge in [0.1, 0.15) is 5.75 Å². The number of carbonyl (C=O) groups is 1. The number of benzene rings is 1. The van der Waals surface area contributed by atoms with E-state index in [1.807, 2.05) is 4.90 Å². The molecule has 0 aromatic heterocycles. The van der Waals surface area contributed by atoms with Crippen LogP contribution < -0.4 is 4.74 Å². The van der Waals surface area contributed by atoms with Gasteiger partial charge in [-0.1, -0.05) is 0 Å². The van der Waals surface area contributed by atoms with Gasteiger partial charge >= 0.3 is 5.97 Å². The zero-order valence-electron chi connectivity index (χ0n) is 16.6. The number of methoxy groups -OCH3 is 1. The standard InChI is InChI=1S/C19H27NO7S2/c1-3-27-19(21)14-8-10-20(11-9-14)17-12-28(22,23)13-18(17)29(24,25)16-6-4-15(26-2)5-7-16/h4-7,14,17-18H,3,8-13H2,1-2H3. The molecule has 8 nitrogen and oxygen atoms in total. The maximum Gasteiger partial charge on any atom is 0.309 e. The summed E-state index contributed by atoms with van der Waals surface area (Å²) in [5.41, 5.74) is 0. The number of hydrogen-bond acceptors (Lipinski definition) is 8. The number of sulfone groups is 2. The summed E-state index contributed by atoms with van der Waals surface area (Å²) in [6.07, 6.45) is 1.06. The van der Waals surface area contributed by atoms with Gasteiger partial charge in [0.2, 0.25) is 0 Å². The molecule has 2 aliphatic heterocycles. The van der Waals surface area contributed by atoms with Gasteiger partial charge in [-0.05, 0) is 57.1 Å². The van der Waals surface area contributed by atoms with E-state index >= 15 is 0 Å². The Hall–Kier alpha value is -1.65. The summed E-state index contributed by atoms with van der Waals surface area (Å²) >= 11 is 0. The Kier molecular flexibility index (Phi) is 6.54. The van der Waals surface area contributed by atoms with Gasteiger partial charge in [-0.25, -0.2) is 16.8 Å². The Morgan fingerprint density at radius 1 is 1.14 bits per heavy atom. The molecule has 2 heterocycles. The van der Waals surface area contributed by atoms with Crippen LogP contribution in [0, 0.1) is 5.92 Å². The highest BCUT2D eigenvalue weighted by molar-refractivity contribution is 7.96. The Morgan fingerprint density at radius 3 is 2.31 bits per heavy atom. The third kappa shape index (κ3) is 4.75. The van der Waals surface area contributed by atoms with Gasteiger partial charge in [-0.3, -0.25) is 9.69 Å². The summed E-state index contributed by atoms with van der Waals surface area (Å²) in [4.78, 5) is 13.9. The van der Waals surface area contributed by atoms with Crippen molar-refractivity contribution in [3.05, 3.63) is 24.3 Å². The average Bonchev–Trinajstić information content (AvgIpc) is 3.04. The lowest BCUT2D eigenvalue weighted by molar-refractivity contribution is -0.149. The van der Waals surface area contributed by atoms with E-state index in [-0.39, 0.29) is 28.3 Å². The number of hydrogen-bond donors (Lipinski definition) is 0. The van der Waals surface area contributed by atoms with Crippen molar-refractivity contribution >= 4 is 25.6 Å². The van der Waals surface area contributed by atoms with Gasteiger partial charge < -0.3 is 9.47 Å². The number of ether oxygens (including phenoxy) is 2. The molecule has 2 unspecified atom stereocenters. The lowest BCUT2D eigenvalue weighted by Gasteiger charge is -2.36. The first-order valence-corrected chi connectivity index (χ1v) is 13.0. The van der Waals surface area contributed by atoms with Crippen LogP contribution >= 0.6 is 0 Å². The van der Waals surface area contributed by atoms with Crippen molar-refractivity contribution in [1.82, 2.24) is 4.90 Å². The van der Waals surface area contributed by atoms with E-state index in [1.165, 1.54) is 19.2 Å². The first-order chi connectivity index (χ1) is 13.7. The predicted octanol–water partition coefficient (Wildman–Crippen LogP) is 0.910. The van der Waals surface area contributed by atoms with Gasteiger partial charge in [-0.2, -0.15) is 0 Å². The third-order valence-electron chi connectivity index (χ3n) is 5.68. The Balaban J connectivity index is 1.80. The maximum absolute atomic E-state index is 13.2. The van der Waals surface area contributed by atoms with Crippen LogP contribution in [0.1, 0.15) is 19.8 Å². The summed E-state index contributed by atoms with van der Waals surface area (Å²) in [5, 5.41) is -1.03. The average molecular weight is 446 g/mol. The van der Waals surface area contributed by atoms with Crippen molar-refractivity contribution in [2.24, 2.45) is 5.92 Å². The predicted molar refractivity (Wildman–Crippen MR) is 107 cm³/mol. The topological polar surface area (TPSA) is 107 Å². The SMILES string of the molecule is CCOC(=O)C1CCN(C2CS(=O)(=O)CC2S(=O)(=O)c2ccc(OC)cc2)CC1. The van der Waals surface area contributed by atoms with E-state index in [2.05, 4.69) is 0 Å². The number of piperidine rings is 1. The van der Waals surface area contributed by atoms with Gasteiger partial charge in [0, 0.05) is 6.04 Å². The second-order valence-corrected chi connectivity index (χ2v) is 11.8. The van der Waals surface area contributed by atoms with Crippen molar-refractivity contribution < 1.29 is 31.1 Å². The molecule has 1 aromatic carbocycles. The molecule has 0 amide bonds. The molecule has 0 N–H and O–H groups in total. The Morgan fingerprint density at radius 2 is 1.76 bits per heavy atom. The molecule has 0 spiro atoms. The molecule has 162 valence electrons. The van der Waals surface area contributed by atoms with Crippen molar-refractivity contribution in [1.29, 1.82) is 0 Å². The van der Waals surface area contributed by atoms with Gasteiger partial charge in [-0.15, -0.1) is 0 Å². The molecule has 2 aliphatic rings. The fraction of sp³-hybridized carbons (Fsp3) is 0.632. The quantitative estimate of drug-likeness (QED) is 0.595. The van der Waals surface area contributed by atoms with E-state index in [9.17, 15) is 21.6 Å². The highest BCUT2D eigenvalue weighted by Gasteiger charge is 2.49. The molecule has 2 fully saturated rings. The number of nitrogens with zero attached hydrogens (tertiary/aromatic N) is 1. The fourth-order valence-corrected chi connectivity index (χ4v) is 8.93. The van der Waals surface area contributed by atoms with E-state index < -0.39 is 31.0 Å². The molecular weight excluding hydrogens is 418 g/mol. The van der Waals surface area contributed by atoms with Crippen molar-refractivity contribution in [2.45, 2.75) is 36.0 Å². The minimum absolute atomic E-state index is 0.0896. The molecular formula is C19H27NO7S2. The third-order valence-corrected chi connectivity index (χ3v) is 9.81. The molecule has 0 saturated carbocycles. The molecule has 2 atom stereocenters. The number of esters is 1. The van der Waals surface area contributed by atoms with E-state index in [4.69, 9.17) is 9.47 Å². The molecule has 10 heteroatoms. The molecule has 0 aliphatic carbocycles. The van der Waals surface area contributed by atoms with Gasteiger partial charge in [0.15, 0.2) is 19.7 Å². The Bertz CT molecular complexity index is 933. The van der Waals surface area contributed by atoms with Crippen LogP contribution in [0.3, 0.4) is 0 Å². The van der Waals surface area contributed by atoms with Crippen molar-refractivity contribution in [3.63, 3.8) is 0 Å². The van der Waals surface area contributed by atoms with Crippen LogP contribution in [-0.4, -0.2) is 77.3 Å². The van der Waals surface area contributed by atoms with Crippen LogP contribution in [0.15, 0.2) is 29.2 Å². The summed E-state index contributed by atoms with van der Waals surface area (Å²) in [7, 11) is -5.82. The zero-order chi connectivity index (χ0) is 21.2. The number of likely N-dealkylation sites (tertiary alicyclic amines) is 1. The monoisotopic (exact) mass is 445 g/mol. The van der Waals surface area contributed by atoms with Crippen LogP contribution in [-0.2, 0) is 29.2 Å². The Labute approximate surface area is 172 Å². The second kappa shape index (κ2) is 8.61. The smallest absolute Gasteiger partial charge is 0.309 e. The van der Waals surface area contributed by atoms with Crippen LogP contribution in [0.4, 0.5) is 0 Å². The molecule has 29 heavy (non-hydrogen) atoms. The summed E-state index contributed by atoms with van der Waals surface area (Å²) < 4.78 is 61.3. The zero-order valence-corrected chi connectivity index (χ0v) is 18.2. The lowest BCUT2D eigenvalue weighted by Crippen LogP contribution is -2.50. The highest BCUT2D eigenvalue weighted by Crippen LogP contribution is 2.32. The minimum Gasteiger partial charge on any atom is -0.497 e. The molecule has 1 aromatic rings. The number of carbonyl (C=O) groups excluding carboxylic acids is 1. The van der Waals surface area contributed by atoms with E-state index in [0.29, 0.717) is 38.3 Å². The number of rotatable bonds is 6. The first kappa shape index (κ1) is 22.0. The van der Waals surface area contributed by atoms with Crippen molar-refractivity contribution in [2.75, 3.05) is 38.3 Å². The molecule has 2 saturated heterocycles. The summed E-state index contributed by atoms with van der Waals surface area (Å²) in [6, 6.07) is 5.38. The van der Waals surface area contributed by atoms with Crippen LogP contribution in [0.5, 0.6) is 5.75 Å². The highest BCUT2D eigenvalue weighted by atomic mass is 32.2. The van der Waals surface area contributed by atoms with Gasteiger partial charge in [0.05, 0.1) is 41.3 Å². The summed E-state index contributed by atoms with van der Waals surface area (Å²) in [6.45, 7) is 3.02. The van der Waals surface area contributed by atoms with Gasteiger partial charge in [0.25, 0.3) is 0 Å². The second-order valence-electron chi connectivity index (χ2n) is 7.47.